The normalized spacial score (nSPS) is 10.5. The maximum absolute atomic E-state index is 11.8. The number of amides is 1. The van der Waals surface area contributed by atoms with Gasteiger partial charge in [0.05, 0.1) is 25.0 Å². The Morgan fingerprint density at radius 3 is 2.73 bits per heavy atom. The molecule has 0 unspecified atom stereocenters. The molecular weight excluding hydrogens is 329 g/mol. The van der Waals surface area contributed by atoms with Crippen LogP contribution in [0.15, 0.2) is 30.6 Å². The fourth-order valence-electron chi connectivity index (χ4n) is 1.69. The molecule has 0 fully saturated rings. The highest BCUT2D eigenvalue weighted by molar-refractivity contribution is 6.34. The van der Waals surface area contributed by atoms with E-state index in [4.69, 9.17) is 32.7 Å². The van der Waals surface area contributed by atoms with Crippen molar-refractivity contribution >= 4 is 34.8 Å². The highest BCUT2D eigenvalue weighted by Gasteiger charge is 2.07. The third-order valence-corrected chi connectivity index (χ3v) is 3.08. The van der Waals surface area contributed by atoms with Gasteiger partial charge in [-0.1, -0.05) is 23.2 Å². The lowest BCUT2D eigenvalue weighted by Gasteiger charge is -2.07. The first-order valence-corrected chi connectivity index (χ1v) is 7.22. The zero-order valence-electron chi connectivity index (χ0n) is 11.9. The molecule has 2 rings (SSSR count). The largest absolute Gasteiger partial charge is 0.484 e. The van der Waals surface area contributed by atoms with Gasteiger partial charge in [0.1, 0.15) is 5.75 Å². The van der Waals surface area contributed by atoms with E-state index < -0.39 is 0 Å². The van der Waals surface area contributed by atoms with Crippen molar-refractivity contribution in [1.82, 2.24) is 9.78 Å². The minimum absolute atomic E-state index is 0.153. The van der Waals surface area contributed by atoms with Crippen molar-refractivity contribution in [2.75, 3.05) is 25.6 Å². The van der Waals surface area contributed by atoms with Crippen LogP contribution in [-0.4, -0.2) is 36.0 Å². The summed E-state index contributed by atoms with van der Waals surface area (Å²) in [5, 5.41) is 7.67. The van der Waals surface area contributed by atoms with Gasteiger partial charge >= 0.3 is 0 Å². The highest BCUT2D eigenvalue weighted by Crippen LogP contribution is 2.24. The molecular formula is C14H15Cl2N3O3. The van der Waals surface area contributed by atoms with Crippen LogP contribution in [0.25, 0.3) is 0 Å². The van der Waals surface area contributed by atoms with Gasteiger partial charge in [0.15, 0.2) is 6.61 Å². The molecule has 118 valence electrons. The number of aromatic nitrogens is 2. The van der Waals surface area contributed by atoms with Gasteiger partial charge in [0.2, 0.25) is 0 Å². The fourth-order valence-corrected chi connectivity index (χ4v) is 2.20. The number of anilines is 1. The van der Waals surface area contributed by atoms with E-state index in [0.717, 1.165) is 0 Å². The molecule has 0 radical (unpaired) electrons. The smallest absolute Gasteiger partial charge is 0.262 e. The third kappa shape index (κ3) is 5.22. The zero-order chi connectivity index (χ0) is 15.9. The summed E-state index contributed by atoms with van der Waals surface area (Å²) in [6, 6.07) is 4.76. The lowest BCUT2D eigenvalue weighted by Crippen LogP contribution is -2.19. The lowest BCUT2D eigenvalue weighted by atomic mass is 10.3. The molecule has 1 amide bonds. The van der Waals surface area contributed by atoms with Gasteiger partial charge < -0.3 is 14.8 Å². The van der Waals surface area contributed by atoms with Gasteiger partial charge in [-0.15, -0.1) is 0 Å². The maximum Gasteiger partial charge on any atom is 0.262 e. The van der Waals surface area contributed by atoms with Gasteiger partial charge in [-0.25, -0.2) is 0 Å². The molecule has 1 N–H and O–H groups in total. The molecule has 1 aromatic heterocycles. The number of benzene rings is 1. The molecule has 1 heterocycles. The third-order valence-electron chi connectivity index (χ3n) is 2.65. The standard InChI is InChI=1S/C14H15Cl2N3O3/c1-21-3-2-19-8-12(7-17-19)18-14(20)9-22-13-5-10(15)4-11(16)6-13/h4-8H,2-3,9H2,1H3,(H,18,20). The van der Waals surface area contributed by atoms with E-state index in [1.165, 1.54) is 0 Å². The number of nitrogens with one attached hydrogen (secondary N) is 1. The van der Waals surface area contributed by atoms with Crippen LogP contribution in [0.1, 0.15) is 0 Å². The molecule has 0 spiro atoms. The Hall–Kier alpha value is -1.76. The molecule has 0 aliphatic carbocycles. The Bertz CT molecular complexity index is 626. The molecule has 0 saturated heterocycles. The monoisotopic (exact) mass is 343 g/mol. The quantitative estimate of drug-likeness (QED) is 0.839. The Morgan fingerprint density at radius 1 is 1.32 bits per heavy atom. The lowest BCUT2D eigenvalue weighted by molar-refractivity contribution is -0.118. The highest BCUT2D eigenvalue weighted by atomic mass is 35.5. The SMILES string of the molecule is COCCn1cc(NC(=O)COc2cc(Cl)cc(Cl)c2)cn1. The van der Waals surface area contributed by atoms with Crippen molar-refractivity contribution in [3.05, 3.63) is 40.6 Å². The number of carbonyl (C=O) groups is 1. The van der Waals surface area contributed by atoms with Crippen LogP contribution in [0.4, 0.5) is 5.69 Å². The molecule has 6 nitrogen and oxygen atoms in total. The van der Waals surface area contributed by atoms with Crippen LogP contribution in [0.2, 0.25) is 10.0 Å². The van der Waals surface area contributed by atoms with Gasteiger partial charge in [-0.2, -0.15) is 5.10 Å². The van der Waals surface area contributed by atoms with E-state index in [0.29, 0.717) is 34.6 Å². The number of ether oxygens (including phenoxy) is 2. The first-order chi connectivity index (χ1) is 10.6. The molecule has 22 heavy (non-hydrogen) atoms. The van der Waals surface area contributed by atoms with Crippen LogP contribution in [0.3, 0.4) is 0 Å². The average Bonchev–Trinajstić information content (AvgIpc) is 2.89. The van der Waals surface area contributed by atoms with E-state index >= 15 is 0 Å². The fraction of sp³-hybridized carbons (Fsp3) is 0.286. The molecule has 0 bridgehead atoms. The van der Waals surface area contributed by atoms with Gasteiger partial charge in [-0.3, -0.25) is 9.48 Å². The first-order valence-electron chi connectivity index (χ1n) is 6.47. The second kappa shape index (κ2) is 8.03. The number of hydrogen-bond donors (Lipinski definition) is 1. The zero-order valence-corrected chi connectivity index (χ0v) is 13.4. The van der Waals surface area contributed by atoms with Crippen LogP contribution in [0, 0.1) is 0 Å². The maximum atomic E-state index is 11.8. The number of methoxy groups -OCH3 is 1. The van der Waals surface area contributed by atoms with Crippen molar-refractivity contribution in [3.8, 4) is 5.75 Å². The predicted molar refractivity (Wildman–Crippen MR) is 84.7 cm³/mol. The van der Waals surface area contributed by atoms with E-state index in [2.05, 4.69) is 10.4 Å². The number of nitrogens with zero attached hydrogens (tertiary/aromatic N) is 2. The second-order valence-electron chi connectivity index (χ2n) is 4.43. The van der Waals surface area contributed by atoms with Crippen molar-refractivity contribution in [1.29, 1.82) is 0 Å². The number of rotatable bonds is 7. The first kappa shape index (κ1) is 16.6. The van der Waals surface area contributed by atoms with Crippen molar-refractivity contribution < 1.29 is 14.3 Å². The number of halogens is 2. The molecule has 2 aromatic rings. The molecule has 0 aliphatic rings. The van der Waals surface area contributed by atoms with Gasteiger partial charge in [0.25, 0.3) is 5.91 Å². The van der Waals surface area contributed by atoms with Crippen LogP contribution in [-0.2, 0) is 16.1 Å². The Morgan fingerprint density at radius 2 is 2.05 bits per heavy atom. The minimum Gasteiger partial charge on any atom is -0.484 e. The van der Waals surface area contributed by atoms with Gasteiger partial charge in [-0.05, 0) is 18.2 Å². The summed E-state index contributed by atoms with van der Waals surface area (Å²) >= 11 is 11.7. The van der Waals surface area contributed by atoms with E-state index in [-0.39, 0.29) is 12.5 Å². The second-order valence-corrected chi connectivity index (χ2v) is 5.30. The summed E-state index contributed by atoms with van der Waals surface area (Å²) in [5.74, 6) is 0.130. The average molecular weight is 344 g/mol. The summed E-state index contributed by atoms with van der Waals surface area (Å²) < 4.78 is 12.0. The van der Waals surface area contributed by atoms with Crippen molar-refractivity contribution in [3.63, 3.8) is 0 Å². The summed E-state index contributed by atoms with van der Waals surface area (Å²) in [7, 11) is 1.62. The number of carbonyl (C=O) groups excluding carboxylic acids is 1. The van der Waals surface area contributed by atoms with E-state index in [1.807, 2.05) is 0 Å². The Balaban J connectivity index is 1.83. The van der Waals surface area contributed by atoms with Crippen molar-refractivity contribution in [2.24, 2.45) is 0 Å². The molecule has 8 heteroatoms. The molecule has 0 aliphatic heterocycles. The minimum atomic E-state index is -0.303. The summed E-state index contributed by atoms with van der Waals surface area (Å²) in [6.07, 6.45) is 3.27. The molecule has 0 saturated carbocycles. The Kier molecular flexibility index (Phi) is 6.06. The Labute approximate surface area is 137 Å². The van der Waals surface area contributed by atoms with Gasteiger partial charge in [0, 0.05) is 23.4 Å². The van der Waals surface area contributed by atoms with Crippen LogP contribution in [0.5, 0.6) is 5.75 Å². The van der Waals surface area contributed by atoms with Crippen LogP contribution < -0.4 is 10.1 Å². The van der Waals surface area contributed by atoms with E-state index in [9.17, 15) is 4.79 Å². The topological polar surface area (TPSA) is 65.4 Å². The van der Waals surface area contributed by atoms with Crippen LogP contribution >= 0.6 is 23.2 Å². The summed E-state index contributed by atoms with van der Waals surface area (Å²) in [5.41, 5.74) is 0.592. The number of hydrogen-bond acceptors (Lipinski definition) is 4. The molecule has 0 atom stereocenters. The van der Waals surface area contributed by atoms with E-state index in [1.54, 1.807) is 42.4 Å². The summed E-state index contributed by atoms with van der Waals surface area (Å²) in [6.45, 7) is 1.01. The van der Waals surface area contributed by atoms with Crippen molar-refractivity contribution in [2.45, 2.75) is 6.54 Å². The summed E-state index contributed by atoms with van der Waals surface area (Å²) in [4.78, 5) is 11.8. The molecule has 1 aromatic carbocycles. The predicted octanol–water partition coefficient (Wildman–Crippen LogP) is 2.85.